The van der Waals surface area contributed by atoms with Crippen LogP contribution in [0.2, 0.25) is 0 Å². The summed E-state index contributed by atoms with van der Waals surface area (Å²) in [4.78, 5) is 0. The van der Waals surface area contributed by atoms with E-state index in [9.17, 15) is 0 Å². The van der Waals surface area contributed by atoms with Crippen LogP contribution in [-0.4, -0.2) is 6.04 Å². The summed E-state index contributed by atoms with van der Waals surface area (Å²) in [6.45, 7) is 8.46. The molecular weight excluding hydrogens is 208 g/mol. The molecule has 2 nitrogen and oxygen atoms in total. The summed E-state index contributed by atoms with van der Waals surface area (Å²) in [7, 11) is 0. The van der Waals surface area contributed by atoms with Crippen molar-refractivity contribution in [2.24, 2.45) is 17.2 Å². The zero-order valence-corrected chi connectivity index (χ0v) is 11.7. The van der Waals surface area contributed by atoms with Crippen LogP contribution in [0, 0.1) is 11.3 Å². The average Bonchev–Trinajstić information content (AvgIpc) is 2.73. The van der Waals surface area contributed by atoms with Crippen LogP contribution < -0.4 is 11.3 Å². The van der Waals surface area contributed by atoms with Gasteiger partial charge in [-0.15, -0.1) is 6.58 Å². The summed E-state index contributed by atoms with van der Waals surface area (Å²) >= 11 is 0. The van der Waals surface area contributed by atoms with E-state index in [1.165, 1.54) is 44.9 Å². The molecule has 1 unspecified atom stereocenters. The van der Waals surface area contributed by atoms with E-state index >= 15 is 0 Å². The van der Waals surface area contributed by atoms with Crippen molar-refractivity contribution in [3.05, 3.63) is 12.7 Å². The first-order valence-electron chi connectivity index (χ1n) is 7.21. The first-order chi connectivity index (χ1) is 8.14. The lowest BCUT2D eigenvalue weighted by Gasteiger charge is -2.39. The summed E-state index contributed by atoms with van der Waals surface area (Å²) in [6.07, 6.45) is 12.3. The maximum atomic E-state index is 5.82. The Morgan fingerprint density at radius 2 is 2.00 bits per heavy atom. The average molecular weight is 238 g/mol. The molecule has 0 aliphatic heterocycles. The van der Waals surface area contributed by atoms with Crippen molar-refractivity contribution in [2.45, 2.75) is 71.3 Å². The van der Waals surface area contributed by atoms with Gasteiger partial charge in [0.1, 0.15) is 0 Å². The third-order valence-corrected chi connectivity index (χ3v) is 4.26. The standard InChI is InChI=1S/C15H30N2/c1-4-5-6-9-14(17-16)15(12-13(2)3)10-7-8-11-15/h4,13-14,17H,1,5-12,16H2,2-3H3. The number of hydrogen-bond acceptors (Lipinski definition) is 2. The molecule has 0 bridgehead atoms. The zero-order chi connectivity index (χ0) is 12.7. The van der Waals surface area contributed by atoms with Gasteiger partial charge in [-0.25, -0.2) is 0 Å². The van der Waals surface area contributed by atoms with Crippen molar-refractivity contribution in [1.82, 2.24) is 5.43 Å². The van der Waals surface area contributed by atoms with Crippen LogP contribution in [0.5, 0.6) is 0 Å². The fourth-order valence-corrected chi connectivity index (χ4v) is 3.62. The Morgan fingerprint density at radius 3 is 2.47 bits per heavy atom. The molecule has 3 N–H and O–H groups in total. The van der Waals surface area contributed by atoms with Crippen molar-refractivity contribution in [3.8, 4) is 0 Å². The Kier molecular flexibility index (Phi) is 6.21. The van der Waals surface area contributed by atoms with Crippen LogP contribution in [0.3, 0.4) is 0 Å². The van der Waals surface area contributed by atoms with Crippen molar-refractivity contribution in [3.63, 3.8) is 0 Å². The molecule has 1 saturated carbocycles. The molecule has 0 radical (unpaired) electrons. The smallest absolute Gasteiger partial charge is 0.0267 e. The zero-order valence-electron chi connectivity index (χ0n) is 11.7. The molecule has 0 heterocycles. The number of allylic oxidation sites excluding steroid dienone is 1. The molecule has 1 atom stereocenters. The van der Waals surface area contributed by atoms with Crippen molar-refractivity contribution < 1.29 is 0 Å². The second-order valence-corrected chi connectivity index (χ2v) is 6.11. The Labute approximate surface area is 107 Å². The van der Waals surface area contributed by atoms with Gasteiger partial charge in [0.05, 0.1) is 0 Å². The lowest BCUT2D eigenvalue weighted by Crippen LogP contribution is -2.48. The summed E-state index contributed by atoms with van der Waals surface area (Å²) in [6, 6.07) is 0.493. The Bertz CT molecular complexity index is 217. The minimum atomic E-state index is 0.462. The molecule has 0 amide bonds. The van der Waals surface area contributed by atoms with Crippen LogP contribution in [0.4, 0.5) is 0 Å². The Hall–Kier alpha value is -0.340. The predicted molar refractivity (Wildman–Crippen MR) is 75.5 cm³/mol. The quantitative estimate of drug-likeness (QED) is 0.292. The van der Waals surface area contributed by atoms with E-state index in [1.54, 1.807) is 0 Å². The van der Waals surface area contributed by atoms with Crippen LogP contribution in [-0.2, 0) is 0 Å². The molecule has 1 aliphatic carbocycles. The third-order valence-electron chi connectivity index (χ3n) is 4.26. The maximum absolute atomic E-state index is 5.82. The van der Waals surface area contributed by atoms with Gasteiger partial charge in [0, 0.05) is 6.04 Å². The highest BCUT2D eigenvalue weighted by atomic mass is 15.2. The van der Waals surface area contributed by atoms with Crippen molar-refractivity contribution in [2.75, 3.05) is 0 Å². The van der Waals surface area contributed by atoms with Gasteiger partial charge in [-0.1, -0.05) is 32.8 Å². The molecule has 0 saturated heterocycles. The van der Waals surface area contributed by atoms with Gasteiger partial charge >= 0.3 is 0 Å². The molecule has 1 aliphatic rings. The minimum Gasteiger partial charge on any atom is -0.271 e. The Balaban J connectivity index is 2.61. The highest BCUT2D eigenvalue weighted by molar-refractivity contribution is 4.94. The second kappa shape index (κ2) is 7.17. The van der Waals surface area contributed by atoms with E-state index < -0.39 is 0 Å². The molecule has 2 heteroatoms. The summed E-state index contributed by atoms with van der Waals surface area (Å²) < 4.78 is 0. The minimum absolute atomic E-state index is 0.462. The van der Waals surface area contributed by atoms with Gasteiger partial charge in [0.2, 0.25) is 0 Å². The molecular formula is C15H30N2. The topological polar surface area (TPSA) is 38.0 Å². The molecule has 17 heavy (non-hydrogen) atoms. The molecule has 0 spiro atoms. The van der Waals surface area contributed by atoms with Crippen LogP contribution in [0.15, 0.2) is 12.7 Å². The molecule has 0 aromatic carbocycles. The van der Waals surface area contributed by atoms with Gasteiger partial charge in [-0.05, 0) is 49.9 Å². The van der Waals surface area contributed by atoms with Crippen molar-refractivity contribution in [1.29, 1.82) is 0 Å². The van der Waals surface area contributed by atoms with Gasteiger partial charge in [-0.2, -0.15) is 0 Å². The lowest BCUT2D eigenvalue weighted by molar-refractivity contribution is 0.146. The summed E-state index contributed by atoms with van der Waals surface area (Å²) in [5, 5.41) is 0. The first-order valence-corrected chi connectivity index (χ1v) is 7.21. The van der Waals surface area contributed by atoms with Crippen molar-refractivity contribution >= 4 is 0 Å². The van der Waals surface area contributed by atoms with Crippen LogP contribution in [0.1, 0.15) is 65.2 Å². The summed E-state index contributed by atoms with van der Waals surface area (Å²) in [5.74, 6) is 6.59. The van der Waals surface area contributed by atoms with Gasteiger partial charge in [0.15, 0.2) is 0 Å². The molecule has 1 rings (SSSR count). The van der Waals surface area contributed by atoms with E-state index in [1.807, 2.05) is 6.08 Å². The first kappa shape index (κ1) is 14.7. The third kappa shape index (κ3) is 4.11. The molecule has 100 valence electrons. The maximum Gasteiger partial charge on any atom is 0.0267 e. The number of nitrogens with one attached hydrogen (secondary N) is 1. The van der Waals surface area contributed by atoms with Crippen LogP contribution in [0.25, 0.3) is 0 Å². The van der Waals surface area contributed by atoms with E-state index in [2.05, 4.69) is 25.9 Å². The normalized spacial score (nSPS) is 20.7. The number of hydrazine groups is 1. The van der Waals surface area contributed by atoms with E-state index in [0.29, 0.717) is 11.5 Å². The van der Waals surface area contributed by atoms with E-state index in [-0.39, 0.29) is 0 Å². The number of rotatable bonds is 8. The highest BCUT2D eigenvalue weighted by Crippen LogP contribution is 2.46. The number of unbranched alkanes of at least 4 members (excludes halogenated alkanes) is 1. The lowest BCUT2D eigenvalue weighted by atomic mass is 9.71. The SMILES string of the molecule is C=CCCCC(NN)C1(CC(C)C)CCCC1. The van der Waals surface area contributed by atoms with Gasteiger partial charge in [0.25, 0.3) is 0 Å². The fraction of sp³-hybridized carbons (Fsp3) is 0.867. The number of hydrogen-bond donors (Lipinski definition) is 2. The van der Waals surface area contributed by atoms with Gasteiger partial charge in [-0.3, -0.25) is 11.3 Å². The molecule has 0 aromatic heterocycles. The van der Waals surface area contributed by atoms with Crippen LogP contribution >= 0.6 is 0 Å². The van der Waals surface area contributed by atoms with E-state index in [0.717, 1.165) is 12.3 Å². The van der Waals surface area contributed by atoms with Gasteiger partial charge < -0.3 is 0 Å². The predicted octanol–water partition coefficient (Wildman–Crippen LogP) is 3.78. The number of nitrogens with two attached hydrogens (primary N) is 1. The molecule has 0 aromatic rings. The molecule has 1 fully saturated rings. The monoisotopic (exact) mass is 238 g/mol. The summed E-state index contributed by atoms with van der Waals surface area (Å²) in [5.41, 5.74) is 3.58. The van der Waals surface area contributed by atoms with E-state index in [4.69, 9.17) is 5.84 Å². The largest absolute Gasteiger partial charge is 0.271 e. The Morgan fingerprint density at radius 1 is 1.35 bits per heavy atom. The fourth-order valence-electron chi connectivity index (χ4n) is 3.62. The second-order valence-electron chi connectivity index (χ2n) is 6.11. The highest BCUT2D eigenvalue weighted by Gasteiger charge is 2.40.